The molecule has 0 unspecified atom stereocenters. The average Bonchev–Trinajstić information content (AvgIpc) is 2.18. The van der Waals surface area contributed by atoms with Crippen molar-refractivity contribution < 1.29 is 14.0 Å². The van der Waals surface area contributed by atoms with Crippen molar-refractivity contribution in [2.45, 2.75) is 51.1 Å². The van der Waals surface area contributed by atoms with Gasteiger partial charge in [-0.15, -0.1) is 0 Å². The fourth-order valence-electron chi connectivity index (χ4n) is 1.33. The first-order valence-electron chi connectivity index (χ1n) is 5.86. The van der Waals surface area contributed by atoms with Crippen molar-refractivity contribution in [1.29, 1.82) is 0 Å². The summed E-state index contributed by atoms with van der Waals surface area (Å²) in [6.07, 6.45) is 4.25. The van der Waals surface area contributed by atoms with Crippen molar-refractivity contribution in [2.24, 2.45) is 0 Å². The van der Waals surface area contributed by atoms with Crippen LogP contribution in [0.2, 0.25) is 18.1 Å². The van der Waals surface area contributed by atoms with Crippen molar-refractivity contribution in [3.8, 4) is 0 Å². The van der Waals surface area contributed by atoms with Gasteiger partial charge in [-0.1, -0.05) is 27.4 Å². The van der Waals surface area contributed by atoms with E-state index in [1.165, 1.54) is 6.08 Å². The number of cyclic esters (lactones) is 1. The third-order valence-electron chi connectivity index (χ3n) is 3.47. The molecule has 96 valence electrons. The molecule has 0 radical (unpaired) electrons. The second-order valence-corrected chi connectivity index (χ2v) is 10.6. The number of carbonyl (C=O) groups is 1. The summed E-state index contributed by atoms with van der Waals surface area (Å²) in [5.74, 6) is -0.329. The van der Waals surface area contributed by atoms with Gasteiger partial charge < -0.3 is 9.16 Å². The number of hydrogen-bond acceptors (Lipinski definition) is 3. The van der Waals surface area contributed by atoms with Crippen LogP contribution in [0.15, 0.2) is 24.8 Å². The maximum Gasteiger partial charge on any atom is 0.331 e. The molecule has 0 fully saturated rings. The van der Waals surface area contributed by atoms with E-state index in [1.54, 1.807) is 12.2 Å². The van der Waals surface area contributed by atoms with Crippen molar-refractivity contribution in [3.05, 3.63) is 24.8 Å². The van der Waals surface area contributed by atoms with E-state index in [9.17, 15) is 4.79 Å². The minimum atomic E-state index is -1.86. The topological polar surface area (TPSA) is 35.5 Å². The zero-order valence-corrected chi connectivity index (χ0v) is 12.3. The zero-order chi connectivity index (χ0) is 13.3. The van der Waals surface area contributed by atoms with E-state index in [1.807, 2.05) is 0 Å². The van der Waals surface area contributed by atoms with Gasteiger partial charge in [0.2, 0.25) is 0 Å². The van der Waals surface area contributed by atoms with Gasteiger partial charge in [-0.3, -0.25) is 0 Å². The molecule has 3 nitrogen and oxygen atoms in total. The summed E-state index contributed by atoms with van der Waals surface area (Å²) in [4.78, 5) is 11.1. The highest BCUT2D eigenvalue weighted by atomic mass is 28.4. The van der Waals surface area contributed by atoms with Crippen molar-refractivity contribution in [1.82, 2.24) is 0 Å². The van der Waals surface area contributed by atoms with Gasteiger partial charge in [0.1, 0.15) is 12.2 Å². The molecule has 1 aliphatic heterocycles. The predicted molar refractivity (Wildman–Crippen MR) is 71.3 cm³/mol. The van der Waals surface area contributed by atoms with Crippen molar-refractivity contribution in [3.63, 3.8) is 0 Å². The maximum absolute atomic E-state index is 11.1. The number of esters is 1. The van der Waals surface area contributed by atoms with E-state index in [4.69, 9.17) is 9.16 Å². The van der Waals surface area contributed by atoms with Crippen molar-refractivity contribution in [2.75, 3.05) is 0 Å². The summed E-state index contributed by atoms with van der Waals surface area (Å²) in [7, 11) is -1.86. The van der Waals surface area contributed by atoms with Gasteiger partial charge >= 0.3 is 5.97 Å². The first-order chi connectivity index (χ1) is 7.67. The molecule has 0 bridgehead atoms. The first kappa shape index (κ1) is 14.2. The summed E-state index contributed by atoms with van der Waals surface area (Å²) < 4.78 is 11.4. The van der Waals surface area contributed by atoms with Crippen LogP contribution >= 0.6 is 0 Å². The third-order valence-corrected chi connectivity index (χ3v) is 7.94. The highest BCUT2D eigenvalue weighted by molar-refractivity contribution is 6.74. The molecule has 0 aromatic rings. The Hall–Kier alpha value is -0.873. The Morgan fingerprint density at radius 1 is 1.47 bits per heavy atom. The molecule has 0 saturated heterocycles. The number of carbonyl (C=O) groups excluding carboxylic acids is 1. The summed E-state index contributed by atoms with van der Waals surface area (Å²) >= 11 is 0. The molecule has 0 saturated carbocycles. The summed E-state index contributed by atoms with van der Waals surface area (Å²) in [6.45, 7) is 14.6. The van der Waals surface area contributed by atoms with Crippen LogP contribution in [0.25, 0.3) is 0 Å². The number of ether oxygens (including phenoxy) is 1. The van der Waals surface area contributed by atoms with Gasteiger partial charge in [-0.2, -0.15) is 0 Å². The smallest absolute Gasteiger partial charge is 0.331 e. The van der Waals surface area contributed by atoms with E-state index in [0.717, 1.165) is 0 Å². The highest BCUT2D eigenvalue weighted by Gasteiger charge is 2.41. The van der Waals surface area contributed by atoms with Crippen LogP contribution in [-0.2, 0) is 14.0 Å². The average molecular weight is 254 g/mol. The molecule has 0 aliphatic carbocycles. The summed E-state index contributed by atoms with van der Waals surface area (Å²) in [5.41, 5.74) is 0. The number of rotatable bonds is 3. The Morgan fingerprint density at radius 2 is 2.06 bits per heavy atom. The number of hydrogen-bond donors (Lipinski definition) is 0. The minimum Gasteiger partial charge on any atom is -0.452 e. The fraction of sp³-hybridized carbons (Fsp3) is 0.615. The SMILES string of the molecule is C=C[C@@H]1OC(=O)C=C[C@@H]1O[Si](C)(C)C(C)(C)C. The second-order valence-electron chi connectivity index (χ2n) is 5.84. The Labute approximate surface area is 105 Å². The van der Waals surface area contributed by atoms with E-state index in [0.29, 0.717) is 0 Å². The molecule has 17 heavy (non-hydrogen) atoms. The van der Waals surface area contributed by atoms with Gasteiger partial charge in [0.05, 0.1) is 0 Å². The molecular formula is C13H22O3Si. The molecule has 1 rings (SSSR count). The van der Waals surface area contributed by atoms with Crippen LogP contribution < -0.4 is 0 Å². The van der Waals surface area contributed by atoms with Gasteiger partial charge in [-0.25, -0.2) is 4.79 Å². The van der Waals surface area contributed by atoms with Crippen LogP contribution in [0.4, 0.5) is 0 Å². The molecule has 4 heteroatoms. The van der Waals surface area contributed by atoms with Gasteiger partial charge in [0.25, 0.3) is 0 Å². The Balaban J connectivity index is 2.83. The van der Waals surface area contributed by atoms with E-state index in [-0.39, 0.29) is 23.2 Å². The predicted octanol–water partition coefficient (Wildman–Crippen LogP) is 3.04. The molecule has 0 aromatic heterocycles. The third kappa shape index (κ3) is 3.29. The fourth-order valence-corrected chi connectivity index (χ4v) is 2.58. The van der Waals surface area contributed by atoms with Gasteiger partial charge in [0, 0.05) is 6.08 Å². The molecule has 0 N–H and O–H groups in total. The maximum atomic E-state index is 11.1. The lowest BCUT2D eigenvalue weighted by Gasteiger charge is -2.40. The van der Waals surface area contributed by atoms with E-state index in [2.05, 4.69) is 40.4 Å². The molecular weight excluding hydrogens is 232 g/mol. The largest absolute Gasteiger partial charge is 0.452 e. The molecule has 1 heterocycles. The zero-order valence-electron chi connectivity index (χ0n) is 11.3. The van der Waals surface area contributed by atoms with Crippen LogP contribution in [0.5, 0.6) is 0 Å². The van der Waals surface area contributed by atoms with E-state index >= 15 is 0 Å². The Kier molecular flexibility index (Phi) is 3.99. The summed E-state index contributed by atoms with van der Waals surface area (Å²) in [5, 5.41) is 0.133. The standard InChI is InChI=1S/C13H22O3Si/c1-7-10-11(8-9-12(14)15-10)16-17(5,6)13(2,3)4/h7-11H,1H2,2-6H3/t10-,11-/m0/s1. The molecule has 2 atom stereocenters. The minimum absolute atomic E-state index is 0.133. The van der Waals surface area contributed by atoms with Crippen LogP contribution in [-0.4, -0.2) is 26.5 Å². The van der Waals surface area contributed by atoms with Crippen LogP contribution in [0.1, 0.15) is 20.8 Å². The van der Waals surface area contributed by atoms with Crippen molar-refractivity contribution >= 4 is 14.3 Å². The summed E-state index contributed by atoms with van der Waals surface area (Å²) in [6, 6.07) is 0. The second kappa shape index (κ2) is 4.78. The lowest BCUT2D eigenvalue weighted by Crippen LogP contribution is -2.47. The normalized spacial score (nSPS) is 25.6. The molecule has 1 aliphatic rings. The molecule has 0 spiro atoms. The highest BCUT2D eigenvalue weighted by Crippen LogP contribution is 2.38. The monoisotopic (exact) mass is 254 g/mol. The molecule has 0 aromatic carbocycles. The van der Waals surface area contributed by atoms with E-state index < -0.39 is 8.32 Å². The lowest BCUT2D eigenvalue weighted by atomic mass is 10.1. The van der Waals surface area contributed by atoms with Gasteiger partial charge in [-0.05, 0) is 30.3 Å². The van der Waals surface area contributed by atoms with Crippen LogP contribution in [0.3, 0.4) is 0 Å². The Bertz CT molecular complexity index is 339. The van der Waals surface area contributed by atoms with Crippen LogP contribution in [0, 0.1) is 0 Å². The molecule has 0 amide bonds. The Morgan fingerprint density at radius 3 is 2.53 bits per heavy atom. The quantitative estimate of drug-likeness (QED) is 0.441. The first-order valence-corrected chi connectivity index (χ1v) is 8.77. The lowest BCUT2D eigenvalue weighted by molar-refractivity contribution is -0.145. The van der Waals surface area contributed by atoms with Gasteiger partial charge in [0.15, 0.2) is 8.32 Å².